The molecule has 1 aliphatic heterocycles. The van der Waals surface area contributed by atoms with Gasteiger partial charge in [-0.3, -0.25) is 0 Å². The minimum Gasteiger partial charge on any atom is -0.480 e. The number of nitrogens with one attached hydrogen (secondary N) is 1. The number of hydrogen-bond acceptors (Lipinski definition) is 2. The van der Waals surface area contributed by atoms with Gasteiger partial charge in [0.1, 0.15) is 6.04 Å². The van der Waals surface area contributed by atoms with Crippen molar-refractivity contribution in [3.63, 3.8) is 0 Å². The van der Waals surface area contributed by atoms with Gasteiger partial charge in [-0.05, 0) is 37.0 Å². The van der Waals surface area contributed by atoms with E-state index in [4.69, 9.17) is 0 Å². The number of amides is 2. The van der Waals surface area contributed by atoms with Crippen LogP contribution in [0.2, 0.25) is 0 Å². The first kappa shape index (κ1) is 15.1. The average molecular weight is 282 g/mol. The maximum absolute atomic E-state index is 12.4. The summed E-state index contributed by atoms with van der Waals surface area (Å²) in [4.78, 5) is 25.5. The van der Waals surface area contributed by atoms with E-state index in [9.17, 15) is 14.7 Å². The SMILES string of the molecule is CC(NC(=O)N1CC2CCCC2C1C(=O)O)C(C)(C)C. The fourth-order valence-electron chi connectivity index (χ4n) is 3.32. The van der Waals surface area contributed by atoms with Crippen molar-refractivity contribution in [1.82, 2.24) is 10.2 Å². The number of likely N-dealkylation sites (tertiary alicyclic amines) is 1. The van der Waals surface area contributed by atoms with Gasteiger partial charge in [0.2, 0.25) is 0 Å². The summed E-state index contributed by atoms with van der Waals surface area (Å²) in [5.74, 6) is -0.354. The van der Waals surface area contributed by atoms with Crippen molar-refractivity contribution in [3.8, 4) is 0 Å². The van der Waals surface area contributed by atoms with Gasteiger partial charge in [-0.15, -0.1) is 0 Å². The molecule has 2 rings (SSSR count). The molecule has 5 heteroatoms. The van der Waals surface area contributed by atoms with E-state index in [1.54, 1.807) is 4.90 Å². The van der Waals surface area contributed by atoms with Crippen LogP contribution >= 0.6 is 0 Å². The fraction of sp³-hybridized carbons (Fsp3) is 0.867. The summed E-state index contributed by atoms with van der Waals surface area (Å²) in [7, 11) is 0. The lowest BCUT2D eigenvalue weighted by atomic mass is 9.88. The Morgan fingerprint density at radius 3 is 2.50 bits per heavy atom. The zero-order chi connectivity index (χ0) is 15.1. The second kappa shape index (κ2) is 5.26. The van der Waals surface area contributed by atoms with E-state index < -0.39 is 12.0 Å². The van der Waals surface area contributed by atoms with Crippen molar-refractivity contribution in [2.24, 2.45) is 17.3 Å². The Balaban J connectivity index is 2.07. The number of urea groups is 1. The molecule has 2 aliphatic rings. The summed E-state index contributed by atoms with van der Waals surface area (Å²) < 4.78 is 0. The van der Waals surface area contributed by atoms with E-state index in [0.717, 1.165) is 19.3 Å². The summed E-state index contributed by atoms with van der Waals surface area (Å²) in [5.41, 5.74) is -0.0377. The van der Waals surface area contributed by atoms with Crippen LogP contribution in [0.25, 0.3) is 0 Å². The zero-order valence-electron chi connectivity index (χ0n) is 12.8. The largest absolute Gasteiger partial charge is 0.480 e. The van der Waals surface area contributed by atoms with Crippen LogP contribution < -0.4 is 5.32 Å². The van der Waals surface area contributed by atoms with Gasteiger partial charge in [0.25, 0.3) is 0 Å². The standard InChI is InChI=1S/C15H26N2O3/c1-9(15(2,3)4)16-14(20)17-8-10-6-5-7-11(10)12(17)13(18)19/h9-12H,5-8H2,1-4H3,(H,16,20)(H,18,19). The van der Waals surface area contributed by atoms with Crippen molar-refractivity contribution in [1.29, 1.82) is 0 Å². The lowest BCUT2D eigenvalue weighted by Gasteiger charge is -2.32. The molecule has 1 saturated carbocycles. The highest BCUT2D eigenvalue weighted by atomic mass is 16.4. The van der Waals surface area contributed by atoms with Crippen molar-refractivity contribution < 1.29 is 14.7 Å². The topological polar surface area (TPSA) is 69.6 Å². The van der Waals surface area contributed by atoms with Crippen LogP contribution in [0, 0.1) is 17.3 Å². The van der Waals surface area contributed by atoms with Gasteiger partial charge in [-0.1, -0.05) is 27.2 Å². The molecule has 2 N–H and O–H groups in total. The van der Waals surface area contributed by atoms with E-state index in [1.165, 1.54) is 0 Å². The first-order chi connectivity index (χ1) is 9.21. The van der Waals surface area contributed by atoms with Crippen LogP contribution in [0.3, 0.4) is 0 Å². The van der Waals surface area contributed by atoms with Crippen LogP contribution in [0.1, 0.15) is 47.0 Å². The number of hydrogen-bond donors (Lipinski definition) is 2. The summed E-state index contributed by atoms with van der Waals surface area (Å²) >= 11 is 0. The first-order valence-corrected chi connectivity index (χ1v) is 7.51. The predicted molar refractivity (Wildman–Crippen MR) is 76.4 cm³/mol. The Hall–Kier alpha value is -1.26. The van der Waals surface area contributed by atoms with Gasteiger partial charge in [0.05, 0.1) is 0 Å². The number of nitrogens with zero attached hydrogens (tertiary/aromatic N) is 1. The molecule has 0 aromatic heterocycles. The molecule has 0 spiro atoms. The second-order valence-electron chi connectivity index (χ2n) is 7.33. The second-order valence-corrected chi connectivity index (χ2v) is 7.33. The average Bonchev–Trinajstić information content (AvgIpc) is 2.85. The number of carboxylic acid groups (broad SMARTS) is 1. The molecule has 0 bridgehead atoms. The highest BCUT2D eigenvalue weighted by Gasteiger charge is 2.49. The molecule has 0 aromatic carbocycles. The molecule has 114 valence electrons. The van der Waals surface area contributed by atoms with Crippen molar-refractivity contribution >= 4 is 12.0 Å². The molecule has 20 heavy (non-hydrogen) atoms. The van der Waals surface area contributed by atoms with Gasteiger partial charge in [-0.2, -0.15) is 0 Å². The Labute approximate surface area is 120 Å². The molecule has 1 saturated heterocycles. The Bertz CT molecular complexity index is 402. The lowest BCUT2D eigenvalue weighted by Crippen LogP contribution is -2.52. The van der Waals surface area contributed by atoms with E-state index in [2.05, 4.69) is 26.1 Å². The normalized spacial score (nSPS) is 31.0. The Morgan fingerprint density at radius 1 is 1.30 bits per heavy atom. The number of carbonyl (C=O) groups is 2. The number of carboxylic acids is 1. The smallest absolute Gasteiger partial charge is 0.326 e. The number of carbonyl (C=O) groups excluding carboxylic acids is 1. The van der Waals surface area contributed by atoms with Crippen LogP contribution in [0.5, 0.6) is 0 Å². The third kappa shape index (κ3) is 2.76. The Kier molecular flexibility index (Phi) is 3.98. The minimum atomic E-state index is -0.863. The minimum absolute atomic E-state index is 0.00452. The molecule has 5 nitrogen and oxygen atoms in total. The van der Waals surface area contributed by atoms with Gasteiger partial charge < -0.3 is 15.3 Å². The van der Waals surface area contributed by atoms with E-state index in [1.807, 2.05) is 6.92 Å². The van der Waals surface area contributed by atoms with Crippen LogP contribution in [0.15, 0.2) is 0 Å². The maximum Gasteiger partial charge on any atom is 0.326 e. The van der Waals surface area contributed by atoms with Crippen molar-refractivity contribution in [2.45, 2.75) is 59.0 Å². The monoisotopic (exact) mass is 282 g/mol. The van der Waals surface area contributed by atoms with Gasteiger partial charge in [0, 0.05) is 12.6 Å². The number of aliphatic carboxylic acids is 1. The van der Waals surface area contributed by atoms with E-state index in [-0.39, 0.29) is 23.4 Å². The maximum atomic E-state index is 12.4. The number of rotatable bonds is 2. The van der Waals surface area contributed by atoms with Gasteiger partial charge in [-0.25, -0.2) is 9.59 Å². The molecular formula is C15H26N2O3. The van der Waals surface area contributed by atoms with Gasteiger partial charge >= 0.3 is 12.0 Å². The third-order valence-corrected chi connectivity index (χ3v) is 5.04. The Morgan fingerprint density at radius 2 is 1.95 bits per heavy atom. The molecule has 2 amide bonds. The molecule has 4 atom stereocenters. The molecule has 1 aliphatic carbocycles. The van der Waals surface area contributed by atoms with Gasteiger partial charge in [0.15, 0.2) is 0 Å². The van der Waals surface area contributed by atoms with Crippen LogP contribution in [-0.2, 0) is 4.79 Å². The van der Waals surface area contributed by atoms with Crippen LogP contribution in [0.4, 0.5) is 4.79 Å². The third-order valence-electron chi connectivity index (χ3n) is 5.04. The zero-order valence-corrected chi connectivity index (χ0v) is 12.8. The molecule has 1 heterocycles. The molecule has 0 aromatic rings. The van der Waals surface area contributed by atoms with Crippen molar-refractivity contribution in [2.75, 3.05) is 6.54 Å². The molecule has 2 fully saturated rings. The summed E-state index contributed by atoms with van der Waals surface area (Å²) in [6.45, 7) is 8.73. The molecular weight excluding hydrogens is 256 g/mol. The summed E-state index contributed by atoms with van der Waals surface area (Å²) in [5, 5.41) is 12.4. The van der Waals surface area contributed by atoms with Crippen LogP contribution in [-0.4, -0.2) is 40.6 Å². The number of fused-ring (bicyclic) bond motifs is 1. The highest BCUT2D eigenvalue weighted by molar-refractivity contribution is 5.84. The fourth-order valence-corrected chi connectivity index (χ4v) is 3.32. The summed E-state index contributed by atoms with van der Waals surface area (Å²) in [6.07, 6.45) is 3.07. The van der Waals surface area contributed by atoms with Crippen molar-refractivity contribution in [3.05, 3.63) is 0 Å². The quantitative estimate of drug-likeness (QED) is 0.816. The van der Waals surface area contributed by atoms with E-state index >= 15 is 0 Å². The highest BCUT2D eigenvalue weighted by Crippen LogP contribution is 2.42. The molecule has 0 radical (unpaired) electrons. The predicted octanol–water partition coefficient (Wildman–Crippen LogP) is 2.32. The summed E-state index contributed by atoms with van der Waals surface area (Å²) in [6, 6.07) is -0.867. The first-order valence-electron chi connectivity index (χ1n) is 7.51. The lowest BCUT2D eigenvalue weighted by molar-refractivity contribution is -0.142. The van der Waals surface area contributed by atoms with E-state index in [0.29, 0.717) is 12.5 Å². The molecule has 4 unspecified atom stereocenters.